The quantitative estimate of drug-likeness (QED) is 0.586. The number of fused-ring (bicyclic) bond motifs is 2. The van der Waals surface area contributed by atoms with Gasteiger partial charge < -0.3 is 14.8 Å². The number of nitrogens with zero attached hydrogens (tertiary/aromatic N) is 5. The van der Waals surface area contributed by atoms with E-state index in [1.165, 1.54) is 0 Å². The summed E-state index contributed by atoms with van der Waals surface area (Å²) >= 11 is 0. The van der Waals surface area contributed by atoms with E-state index in [2.05, 4.69) is 25.4 Å². The fraction of sp³-hybridized carbons (Fsp3) is 0.300. The van der Waals surface area contributed by atoms with Gasteiger partial charge in [-0.05, 0) is 36.6 Å². The minimum Gasteiger partial charge on any atom is -0.479 e. The van der Waals surface area contributed by atoms with Crippen LogP contribution in [0.2, 0.25) is 0 Å². The maximum Gasteiger partial charge on any atom is 0.244 e. The molecule has 1 saturated heterocycles. The molecule has 0 bridgehead atoms. The summed E-state index contributed by atoms with van der Waals surface area (Å²) in [6, 6.07) is 8.34. The second kappa shape index (κ2) is 7.05. The number of nitrogens with one attached hydrogen (secondary N) is 1. The van der Waals surface area contributed by atoms with Crippen molar-refractivity contribution in [1.82, 2.24) is 24.6 Å². The first-order chi connectivity index (χ1) is 13.8. The number of hydrogen-bond donors (Lipinski definition) is 1. The Morgan fingerprint density at radius 1 is 1.11 bits per heavy atom. The number of ether oxygens (including phenoxy) is 2. The van der Waals surface area contributed by atoms with Gasteiger partial charge in [-0.25, -0.2) is 4.52 Å². The summed E-state index contributed by atoms with van der Waals surface area (Å²) in [5.74, 6) is 1.09. The van der Waals surface area contributed by atoms with Crippen molar-refractivity contribution in [3.8, 4) is 17.0 Å². The number of benzene rings is 1. The Labute approximate surface area is 161 Å². The van der Waals surface area contributed by atoms with Crippen molar-refractivity contribution >= 4 is 22.5 Å². The zero-order valence-corrected chi connectivity index (χ0v) is 15.5. The molecule has 0 amide bonds. The maximum absolute atomic E-state index is 5.60. The first-order valence-corrected chi connectivity index (χ1v) is 9.30. The molecule has 4 heterocycles. The minimum absolute atomic E-state index is 0.310. The van der Waals surface area contributed by atoms with Gasteiger partial charge in [0.15, 0.2) is 0 Å². The average molecular weight is 376 g/mol. The summed E-state index contributed by atoms with van der Waals surface area (Å²) in [4.78, 5) is 13.3. The fourth-order valence-electron chi connectivity index (χ4n) is 3.58. The summed E-state index contributed by atoms with van der Waals surface area (Å²) in [5.41, 5.74) is 4.53. The fourth-order valence-corrected chi connectivity index (χ4v) is 3.58. The largest absolute Gasteiger partial charge is 0.479 e. The summed E-state index contributed by atoms with van der Waals surface area (Å²) in [7, 11) is 1.63. The Balaban J connectivity index is 1.56. The third-order valence-electron chi connectivity index (χ3n) is 5.01. The molecule has 1 aromatic carbocycles. The smallest absolute Gasteiger partial charge is 0.244 e. The second-order valence-corrected chi connectivity index (χ2v) is 6.76. The van der Waals surface area contributed by atoms with E-state index in [0.717, 1.165) is 53.7 Å². The van der Waals surface area contributed by atoms with Crippen LogP contribution in [0.1, 0.15) is 12.8 Å². The molecule has 28 heavy (non-hydrogen) atoms. The number of methoxy groups -OCH3 is 1. The zero-order valence-electron chi connectivity index (χ0n) is 15.5. The Morgan fingerprint density at radius 2 is 1.93 bits per heavy atom. The molecule has 5 rings (SSSR count). The highest BCUT2D eigenvalue weighted by atomic mass is 16.5. The topological polar surface area (TPSA) is 86.5 Å². The van der Waals surface area contributed by atoms with Crippen molar-refractivity contribution in [3.63, 3.8) is 0 Å². The van der Waals surface area contributed by atoms with Gasteiger partial charge in [-0.3, -0.25) is 9.97 Å². The van der Waals surface area contributed by atoms with Gasteiger partial charge in [0.2, 0.25) is 11.8 Å². The summed E-state index contributed by atoms with van der Waals surface area (Å²) in [5, 5.41) is 8.03. The molecule has 0 aliphatic carbocycles. The molecule has 1 aliphatic rings. The monoisotopic (exact) mass is 376 g/mol. The van der Waals surface area contributed by atoms with Crippen LogP contribution in [-0.4, -0.2) is 50.9 Å². The lowest BCUT2D eigenvalue weighted by Crippen LogP contribution is -2.29. The van der Waals surface area contributed by atoms with Gasteiger partial charge in [0, 0.05) is 43.4 Å². The van der Waals surface area contributed by atoms with E-state index in [1.807, 2.05) is 35.0 Å². The van der Waals surface area contributed by atoms with Gasteiger partial charge >= 0.3 is 0 Å². The predicted octanol–water partition coefficient (Wildman–Crippen LogP) is 2.94. The highest BCUT2D eigenvalue weighted by molar-refractivity contribution is 5.89. The third-order valence-corrected chi connectivity index (χ3v) is 5.01. The first-order valence-electron chi connectivity index (χ1n) is 9.30. The van der Waals surface area contributed by atoms with E-state index in [4.69, 9.17) is 9.47 Å². The highest BCUT2D eigenvalue weighted by Crippen LogP contribution is 2.32. The molecule has 0 spiro atoms. The van der Waals surface area contributed by atoms with Gasteiger partial charge in [-0.1, -0.05) is 6.07 Å². The van der Waals surface area contributed by atoms with Crippen molar-refractivity contribution in [2.45, 2.75) is 18.9 Å². The number of aromatic nitrogens is 5. The number of hydrogen-bond acceptors (Lipinski definition) is 7. The van der Waals surface area contributed by atoms with Crippen LogP contribution in [0.25, 0.3) is 27.7 Å². The van der Waals surface area contributed by atoms with E-state index in [0.29, 0.717) is 17.9 Å². The van der Waals surface area contributed by atoms with Crippen LogP contribution in [0.5, 0.6) is 5.88 Å². The Morgan fingerprint density at radius 3 is 2.75 bits per heavy atom. The standard InChI is InChI=1S/C20H20N6O2/c1-27-19-18-15(13-2-3-16-17(12-13)22-8-7-21-16)4-9-26(18)25-20(24-19)23-14-5-10-28-11-6-14/h2-4,7-9,12,14H,5-6,10-11H2,1H3,(H,23,25). The molecule has 1 N–H and O–H groups in total. The molecule has 142 valence electrons. The summed E-state index contributed by atoms with van der Waals surface area (Å²) in [6.45, 7) is 1.52. The Bertz CT molecular complexity index is 1140. The maximum atomic E-state index is 5.60. The molecule has 0 radical (unpaired) electrons. The highest BCUT2D eigenvalue weighted by Gasteiger charge is 2.18. The van der Waals surface area contributed by atoms with Crippen molar-refractivity contribution in [3.05, 3.63) is 42.9 Å². The van der Waals surface area contributed by atoms with Gasteiger partial charge in [-0.2, -0.15) is 4.98 Å². The predicted molar refractivity (Wildman–Crippen MR) is 106 cm³/mol. The Hall–Kier alpha value is -3.26. The van der Waals surface area contributed by atoms with Gasteiger partial charge in [0.25, 0.3) is 0 Å². The van der Waals surface area contributed by atoms with E-state index in [1.54, 1.807) is 19.5 Å². The zero-order chi connectivity index (χ0) is 18.9. The molecule has 0 atom stereocenters. The van der Waals surface area contributed by atoms with Crippen molar-refractivity contribution in [2.75, 3.05) is 25.6 Å². The van der Waals surface area contributed by atoms with Crippen LogP contribution >= 0.6 is 0 Å². The van der Waals surface area contributed by atoms with E-state index >= 15 is 0 Å². The number of anilines is 1. The molecular weight excluding hydrogens is 356 g/mol. The molecule has 8 nitrogen and oxygen atoms in total. The molecule has 0 saturated carbocycles. The average Bonchev–Trinajstić information content (AvgIpc) is 3.17. The van der Waals surface area contributed by atoms with Crippen molar-refractivity contribution in [2.24, 2.45) is 0 Å². The van der Waals surface area contributed by atoms with Gasteiger partial charge in [-0.15, -0.1) is 5.10 Å². The van der Waals surface area contributed by atoms with Gasteiger partial charge in [0.05, 0.1) is 18.1 Å². The normalized spacial score (nSPS) is 15.2. The van der Waals surface area contributed by atoms with Crippen molar-refractivity contribution < 1.29 is 9.47 Å². The summed E-state index contributed by atoms with van der Waals surface area (Å²) < 4.78 is 12.8. The minimum atomic E-state index is 0.310. The van der Waals surface area contributed by atoms with Crippen LogP contribution in [0.4, 0.5) is 5.95 Å². The van der Waals surface area contributed by atoms with Gasteiger partial charge in [0.1, 0.15) is 5.52 Å². The Kier molecular flexibility index (Phi) is 4.25. The lowest BCUT2D eigenvalue weighted by Gasteiger charge is -2.23. The van der Waals surface area contributed by atoms with Crippen LogP contribution in [0.3, 0.4) is 0 Å². The third kappa shape index (κ3) is 3.01. The van der Waals surface area contributed by atoms with Crippen LogP contribution in [0, 0.1) is 0 Å². The van der Waals surface area contributed by atoms with E-state index < -0.39 is 0 Å². The van der Waals surface area contributed by atoms with Crippen LogP contribution < -0.4 is 10.1 Å². The van der Waals surface area contributed by atoms with E-state index in [-0.39, 0.29) is 0 Å². The van der Waals surface area contributed by atoms with Crippen LogP contribution in [0.15, 0.2) is 42.9 Å². The van der Waals surface area contributed by atoms with Crippen LogP contribution in [-0.2, 0) is 4.74 Å². The first kappa shape index (κ1) is 16.9. The second-order valence-electron chi connectivity index (χ2n) is 6.76. The molecule has 3 aromatic heterocycles. The molecular formula is C20H20N6O2. The van der Waals surface area contributed by atoms with Crippen molar-refractivity contribution in [1.29, 1.82) is 0 Å². The molecule has 4 aromatic rings. The summed E-state index contributed by atoms with van der Waals surface area (Å²) in [6.07, 6.45) is 7.20. The lowest BCUT2D eigenvalue weighted by atomic mass is 10.1. The molecule has 8 heteroatoms. The SMILES string of the molecule is COc1nc(NC2CCOCC2)nn2ccc(-c3ccc4nccnc4c3)c12. The lowest BCUT2D eigenvalue weighted by molar-refractivity contribution is 0.0902. The molecule has 0 unspecified atom stereocenters. The number of rotatable bonds is 4. The molecule has 1 aliphatic heterocycles. The molecule has 1 fully saturated rings. The van der Waals surface area contributed by atoms with E-state index in [9.17, 15) is 0 Å².